The van der Waals surface area contributed by atoms with Crippen molar-refractivity contribution in [2.75, 3.05) is 38.3 Å². The van der Waals surface area contributed by atoms with E-state index in [1.165, 1.54) is 0 Å². The first-order valence-electron chi connectivity index (χ1n) is 10.8. The molecule has 32 heavy (non-hydrogen) atoms. The van der Waals surface area contributed by atoms with Gasteiger partial charge < -0.3 is 19.7 Å². The molecule has 0 bridgehead atoms. The molecule has 5 rings (SSSR count). The van der Waals surface area contributed by atoms with E-state index in [9.17, 15) is 4.79 Å². The molecule has 1 aliphatic carbocycles. The number of nitrogens with one attached hydrogen (secondary N) is 1. The molecule has 0 unspecified atom stereocenters. The molecule has 3 heterocycles. The fraction of sp³-hybridized carbons (Fsp3) is 0.391. The quantitative estimate of drug-likeness (QED) is 0.636. The van der Waals surface area contributed by atoms with E-state index in [1.807, 2.05) is 48.5 Å². The molecule has 1 aromatic carbocycles. The lowest BCUT2D eigenvalue weighted by Crippen LogP contribution is -2.38. The van der Waals surface area contributed by atoms with Gasteiger partial charge in [-0.05, 0) is 25.0 Å². The summed E-state index contributed by atoms with van der Waals surface area (Å²) in [5, 5.41) is 7.53. The van der Waals surface area contributed by atoms with E-state index in [0.717, 1.165) is 29.7 Å². The molecular weight excluding hydrogens is 408 g/mol. The maximum Gasteiger partial charge on any atom is 0.274 e. The Morgan fingerprint density at radius 3 is 2.62 bits per heavy atom. The molecular formula is C23H26N6O3. The van der Waals surface area contributed by atoms with Gasteiger partial charge in [-0.15, -0.1) is 0 Å². The van der Waals surface area contributed by atoms with Gasteiger partial charge in [-0.2, -0.15) is 5.10 Å². The smallest absolute Gasteiger partial charge is 0.274 e. The van der Waals surface area contributed by atoms with Gasteiger partial charge in [0.1, 0.15) is 5.69 Å². The van der Waals surface area contributed by atoms with Gasteiger partial charge in [0.15, 0.2) is 11.4 Å². The lowest BCUT2D eigenvalue weighted by atomic mass is 10.0. The Morgan fingerprint density at radius 2 is 1.94 bits per heavy atom. The molecule has 9 heteroatoms. The van der Waals surface area contributed by atoms with Gasteiger partial charge in [-0.25, -0.2) is 9.97 Å². The van der Waals surface area contributed by atoms with Crippen LogP contribution in [-0.4, -0.2) is 65.1 Å². The number of methoxy groups -OCH3 is 1. The second-order valence-electron chi connectivity index (χ2n) is 8.06. The Balaban J connectivity index is 1.61. The number of hydrogen-bond donors (Lipinski definition) is 1. The van der Waals surface area contributed by atoms with Gasteiger partial charge >= 0.3 is 0 Å². The number of aromatic nitrogens is 4. The monoisotopic (exact) mass is 434 g/mol. The molecule has 1 saturated carbocycles. The van der Waals surface area contributed by atoms with Crippen molar-refractivity contribution in [2.24, 2.45) is 7.05 Å². The molecule has 1 N–H and O–H groups in total. The van der Waals surface area contributed by atoms with E-state index >= 15 is 0 Å². The summed E-state index contributed by atoms with van der Waals surface area (Å²) in [6, 6.07) is 10.1. The number of nitrogens with zero attached hydrogens (tertiary/aromatic N) is 5. The van der Waals surface area contributed by atoms with Crippen LogP contribution < -0.4 is 15.0 Å². The summed E-state index contributed by atoms with van der Waals surface area (Å²) in [4.78, 5) is 24.6. The van der Waals surface area contributed by atoms with Crippen molar-refractivity contribution >= 4 is 11.9 Å². The van der Waals surface area contributed by atoms with Crippen LogP contribution >= 0.6 is 0 Å². The summed E-state index contributed by atoms with van der Waals surface area (Å²) in [7, 11) is 3.44. The minimum Gasteiger partial charge on any atom is -0.492 e. The van der Waals surface area contributed by atoms with Crippen molar-refractivity contribution < 1.29 is 14.3 Å². The number of carbonyl (C=O) groups excluding carboxylic acids is 1. The molecule has 9 nitrogen and oxygen atoms in total. The molecule has 1 saturated heterocycles. The zero-order valence-electron chi connectivity index (χ0n) is 18.2. The van der Waals surface area contributed by atoms with Crippen LogP contribution in [-0.2, 0) is 11.8 Å². The molecule has 0 spiro atoms. The predicted octanol–water partition coefficient (Wildman–Crippen LogP) is 2.28. The van der Waals surface area contributed by atoms with Crippen LogP contribution in [0.25, 0.3) is 22.5 Å². The van der Waals surface area contributed by atoms with Crippen LogP contribution in [0, 0.1) is 0 Å². The van der Waals surface area contributed by atoms with E-state index < -0.39 is 0 Å². The van der Waals surface area contributed by atoms with Crippen LogP contribution in [0.5, 0.6) is 5.75 Å². The number of hydrogen-bond acceptors (Lipinski definition) is 7. The van der Waals surface area contributed by atoms with Gasteiger partial charge in [0, 0.05) is 43.5 Å². The Bertz CT molecular complexity index is 1130. The van der Waals surface area contributed by atoms with Crippen molar-refractivity contribution in [3.8, 4) is 28.3 Å². The maximum absolute atomic E-state index is 13.0. The molecule has 2 fully saturated rings. The summed E-state index contributed by atoms with van der Waals surface area (Å²) in [6.45, 7) is 2.54. The third-order valence-corrected chi connectivity index (χ3v) is 5.62. The van der Waals surface area contributed by atoms with E-state index in [4.69, 9.17) is 14.5 Å². The van der Waals surface area contributed by atoms with Crippen LogP contribution in [0.1, 0.15) is 23.3 Å². The summed E-state index contributed by atoms with van der Waals surface area (Å²) in [5.74, 6) is 0.648. The van der Waals surface area contributed by atoms with Crippen LogP contribution in [0.2, 0.25) is 0 Å². The van der Waals surface area contributed by atoms with Crippen molar-refractivity contribution in [3.63, 3.8) is 0 Å². The molecule has 3 aromatic rings. The summed E-state index contributed by atoms with van der Waals surface area (Å²) in [5.41, 5.74) is 3.50. The van der Waals surface area contributed by atoms with Crippen LogP contribution in [0.15, 0.2) is 36.5 Å². The zero-order chi connectivity index (χ0) is 22.1. The number of morpholine rings is 1. The molecule has 0 atom stereocenters. The summed E-state index contributed by atoms with van der Waals surface area (Å²) in [6.07, 6.45) is 3.90. The topological polar surface area (TPSA) is 94.4 Å². The van der Waals surface area contributed by atoms with Gasteiger partial charge in [0.2, 0.25) is 5.95 Å². The third-order valence-electron chi connectivity index (χ3n) is 5.62. The third kappa shape index (κ3) is 4.16. The van der Waals surface area contributed by atoms with Gasteiger partial charge in [0.05, 0.1) is 26.0 Å². The first-order chi connectivity index (χ1) is 15.6. The first kappa shape index (κ1) is 20.4. The largest absolute Gasteiger partial charge is 0.492 e. The molecule has 1 amide bonds. The van der Waals surface area contributed by atoms with Crippen molar-refractivity contribution in [2.45, 2.75) is 18.9 Å². The van der Waals surface area contributed by atoms with E-state index in [2.05, 4.69) is 15.4 Å². The lowest BCUT2D eigenvalue weighted by Gasteiger charge is -2.28. The SMILES string of the molecule is COc1c(C(=O)NC2CC2)nc(N2CCOCC2)nc1-c1cccc(-c2ccn(C)n2)c1. The Morgan fingerprint density at radius 1 is 1.16 bits per heavy atom. The molecule has 1 aliphatic heterocycles. The number of carbonyl (C=O) groups is 1. The first-order valence-corrected chi connectivity index (χ1v) is 10.8. The van der Waals surface area contributed by atoms with Crippen molar-refractivity contribution in [3.05, 3.63) is 42.2 Å². The van der Waals surface area contributed by atoms with Crippen molar-refractivity contribution in [1.29, 1.82) is 0 Å². The fourth-order valence-electron chi connectivity index (χ4n) is 3.76. The van der Waals surface area contributed by atoms with Gasteiger partial charge in [-0.3, -0.25) is 9.48 Å². The number of ether oxygens (including phenoxy) is 2. The number of benzene rings is 1. The lowest BCUT2D eigenvalue weighted by molar-refractivity contribution is 0.0942. The van der Waals surface area contributed by atoms with Crippen molar-refractivity contribution in [1.82, 2.24) is 25.1 Å². The second kappa shape index (κ2) is 8.58. The summed E-state index contributed by atoms with van der Waals surface area (Å²) >= 11 is 0. The average molecular weight is 435 g/mol. The highest BCUT2D eigenvalue weighted by Crippen LogP contribution is 2.35. The zero-order valence-corrected chi connectivity index (χ0v) is 18.2. The standard InChI is InChI=1S/C23H26N6O3/c1-28-9-8-18(27-28)15-4-3-5-16(14-15)19-21(31-2)20(22(30)24-17-6-7-17)26-23(25-19)29-10-12-32-13-11-29/h3-5,8-9,14,17H,6-7,10-13H2,1-2H3,(H,24,30). The Labute approximate surface area is 186 Å². The van der Waals surface area contributed by atoms with Gasteiger partial charge in [0.25, 0.3) is 5.91 Å². The number of anilines is 1. The minimum atomic E-state index is -0.233. The number of rotatable bonds is 6. The van der Waals surface area contributed by atoms with Crippen LogP contribution in [0.3, 0.4) is 0 Å². The molecule has 2 aromatic heterocycles. The summed E-state index contributed by atoms with van der Waals surface area (Å²) < 4.78 is 12.9. The second-order valence-corrected chi connectivity index (χ2v) is 8.06. The Kier molecular flexibility index (Phi) is 5.48. The minimum absolute atomic E-state index is 0.213. The van der Waals surface area contributed by atoms with Gasteiger partial charge in [-0.1, -0.05) is 18.2 Å². The molecule has 2 aliphatic rings. The van der Waals surface area contributed by atoms with Crippen LogP contribution in [0.4, 0.5) is 5.95 Å². The molecule has 166 valence electrons. The van der Waals surface area contributed by atoms with E-state index in [1.54, 1.807) is 11.8 Å². The highest BCUT2D eigenvalue weighted by molar-refractivity contribution is 5.98. The van der Waals surface area contributed by atoms with E-state index in [-0.39, 0.29) is 17.6 Å². The predicted molar refractivity (Wildman–Crippen MR) is 120 cm³/mol. The average Bonchev–Trinajstić information content (AvgIpc) is 3.54. The highest BCUT2D eigenvalue weighted by atomic mass is 16.5. The fourth-order valence-corrected chi connectivity index (χ4v) is 3.76. The maximum atomic E-state index is 13.0. The highest BCUT2D eigenvalue weighted by Gasteiger charge is 2.29. The number of aryl methyl sites for hydroxylation is 1. The normalized spacial score (nSPS) is 16.1. The molecule has 0 radical (unpaired) electrons. The number of amides is 1. The van der Waals surface area contributed by atoms with E-state index in [0.29, 0.717) is 43.7 Å². The Hall–Kier alpha value is -3.46.